The molecule has 120 valence electrons. The molecule has 1 heterocycles. The van der Waals surface area contributed by atoms with Crippen molar-refractivity contribution in [3.8, 4) is 0 Å². The van der Waals surface area contributed by atoms with Crippen molar-refractivity contribution >= 4 is 29.9 Å². The van der Waals surface area contributed by atoms with Crippen molar-refractivity contribution in [3.05, 3.63) is 0 Å². The van der Waals surface area contributed by atoms with E-state index < -0.39 is 0 Å². The van der Waals surface area contributed by atoms with Crippen LogP contribution in [0.15, 0.2) is 4.99 Å². The first kappa shape index (κ1) is 19.9. The number of nitrogens with two attached hydrogens (primary N) is 1. The van der Waals surface area contributed by atoms with E-state index in [1.165, 1.54) is 25.9 Å². The summed E-state index contributed by atoms with van der Waals surface area (Å²) in [5.41, 5.74) is 5.87. The van der Waals surface area contributed by atoms with Crippen LogP contribution < -0.4 is 11.1 Å². The molecule has 1 atom stereocenters. The average molecular weight is 398 g/mol. The number of halogens is 1. The molecule has 0 saturated carbocycles. The fourth-order valence-corrected chi connectivity index (χ4v) is 2.40. The van der Waals surface area contributed by atoms with Crippen LogP contribution in [-0.2, 0) is 4.74 Å². The van der Waals surface area contributed by atoms with Gasteiger partial charge in [-0.25, -0.2) is 0 Å². The topological polar surface area (TPSA) is 62.9 Å². The van der Waals surface area contributed by atoms with Crippen molar-refractivity contribution in [1.29, 1.82) is 0 Å². The second-order valence-electron chi connectivity index (χ2n) is 5.01. The maximum Gasteiger partial charge on any atom is 0.188 e. The maximum absolute atomic E-state index is 5.87. The molecule has 1 aliphatic rings. The van der Waals surface area contributed by atoms with Gasteiger partial charge in [0, 0.05) is 25.8 Å². The summed E-state index contributed by atoms with van der Waals surface area (Å²) in [6.07, 6.45) is 4.76. The van der Waals surface area contributed by atoms with E-state index in [1.807, 2.05) is 6.92 Å². The van der Waals surface area contributed by atoms with Gasteiger partial charge in [-0.2, -0.15) is 0 Å². The number of aliphatic imine (C=N–C) groups is 1. The Bertz CT molecular complexity index is 258. The Balaban J connectivity index is 0.00000361. The van der Waals surface area contributed by atoms with E-state index in [0.29, 0.717) is 12.0 Å². The third kappa shape index (κ3) is 8.26. The highest BCUT2D eigenvalue weighted by atomic mass is 127. The normalized spacial score (nSPS) is 17.8. The number of nitrogens with one attached hydrogen (secondary N) is 1. The van der Waals surface area contributed by atoms with E-state index >= 15 is 0 Å². The second kappa shape index (κ2) is 12.6. The van der Waals surface area contributed by atoms with Gasteiger partial charge in [-0.05, 0) is 45.7 Å². The third-order valence-corrected chi connectivity index (χ3v) is 3.58. The van der Waals surface area contributed by atoms with Crippen LogP contribution in [0.4, 0.5) is 0 Å². The number of ether oxygens (including phenoxy) is 1. The van der Waals surface area contributed by atoms with Crippen molar-refractivity contribution in [2.75, 3.05) is 39.4 Å². The van der Waals surface area contributed by atoms with Gasteiger partial charge in [0.15, 0.2) is 5.96 Å². The number of nitrogens with zero attached hydrogens (tertiary/aromatic N) is 2. The first-order valence-corrected chi connectivity index (χ1v) is 7.63. The van der Waals surface area contributed by atoms with Crippen LogP contribution in [0, 0.1) is 0 Å². The van der Waals surface area contributed by atoms with Crippen LogP contribution in [0.2, 0.25) is 0 Å². The van der Waals surface area contributed by atoms with Crippen LogP contribution in [0.25, 0.3) is 0 Å². The van der Waals surface area contributed by atoms with Crippen molar-refractivity contribution in [2.45, 2.75) is 45.6 Å². The van der Waals surface area contributed by atoms with Gasteiger partial charge in [0.25, 0.3) is 0 Å². The predicted octanol–water partition coefficient (Wildman–Crippen LogP) is 1.81. The number of likely N-dealkylation sites (tertiary alicyclic amines) is 1. The lowest BCUT2D eigenvalue weighted by molar-refractivity contribution is 0.145. The first-order valence-electron chi connectivity index (χ1n) is 7.63. The Morgan fingerprint density at radius 2 is 2.05 bits per heavy atom. The lowest BCUT2D eigenvalue weighted by Crippen LogP contribution is -2.37. The fraction of sp³-hybridized carbons (Fsp3) is 0.929. The van der Waals surface area contributed by atoms with E-state index in [9.17, 15) is 0 Å². The molecule has 0 aromatic carbocycles. The van der Waals surface area contributed by atoms with E-state index in [1.54, 1.807) is 0 Å². The average Bonchev–Trinajstić information content (AvgIpc) is 2.93. The minimum Gasteiger partial charge on any atom is -0.382 e. The fourth-order valence-electron chi connectivity index (χ4n) is 2.40. The summed E-state index contributed by atoms with van der Waals surface area (Å²) < 4.78 is 5.27. The quantitative estimate of drug-likeness (QED) is 0.269. The molecule has 0 aliphatic carbocycles. The van der Waals surface area contributed by atoms with Crippen molar-refractivity contribution in [1.82, 2.24) is 10.2 Å². The molecule has 5 nitrogen and oxygen atoms in total. The summed E-state index contributed by atoms with van der Waals surface area (Å²) in [5, 5.41) is 3.14. The molecule has 1 saturated heterocycles. The largest absolute Gasteiger partial charge is 0.382 e. The Kier molecular flexibility index (Phi) is 12.6. The minimum atomic E-state index is 0. The Morgan fingerprint density at radius 1 is 1.35 bits per heavy atom. The number of hydrogen-bond acceptors (Lipinski definition) is 3. The lowest BCUT2D eigenvalue weighted by atomic mass is 10.2. The molecule has 1 aliphatic heterocycles. The molecular weight excluding hydrogens is 367 g/mol. The number of hydrogen-bond donors (Lipinski definition) is 2. The molecule has 1 unspecified atom stereocenters. The molecule has 20 heavy (non-hydrogen) atoms. The van der Waals surface area contributed by atoms with Crippen molar-refractivity contribution < 1.29 is 4.74 Å². The van der Waals surface area contributed by atoms with Crippen LogP contribution in [0.5, 0.6) is 0 Å². The van der Waals surface area contributed by atoms with Gasteiger partial charge < -0.3 is 15.8 Å². The molecule has 1 rings (SSSR count). The molecule has 0 spiro atoms. The second-order valence-corrected chi connectivity index (χ2v) is 5.01. The molecular formula is C14H31IN4O. The van der Waals surface area contributed by atoms with Gasteiger partial charge in [0.05, 0.1) is 6.54 Å². The zero-order chi connectivity index (χ0) is 13.9. The van der Waals surface area contributed by atoms with E-state index in [4.69, 9.17) is 10.5 Å². The van der Waals surface area contributed by atoms with Crippen LogP contribution >= 0.6 is 24.0 Å². The molecule has 0 amide bonds. The Hall–Kier alpha value is -0.0800. The van der Waals surface area contributed by atoms with Crippen molar-refractivity contribution in [2.24, 2.45) is 10.7 Å². The highest BCUT2D eigenvalue weighted by Gasteiger charge is 2.19. The van der Waals surface area contributed by atoms with Crippen LogP contribution in [0.1, 0.15) is 39.5 Å². The lowest BCUT2D eigenvalue weighted by Gasteiger charge is -2.24. The monoisotopic (exact) mass is 398 g/mol. The third-order valence-electron chi connectivity index (χ3n) is 3.58. The molecule has 3 N–H and O–H groups in total. The summed E-state index contributed by atoms with van der Waals surface area (Å²) in [4.78, 5) is 6.99. The van der Waals surface area contributed by atoms with Gasteiger partial charge in [0.2, 0.25) is 0 Å². The maximum atomic E-state index is 5.87. The number of rotatable bonds is 9. The van der Waals surface area contributed by atoms with Crippen LogP contribution in [-0.4, -0.2) is 56.3 Å². The Morgan fingerprint density at radius 3 is 2.65 bits per heavy atom. The summed E-state index contributed by atoms with van der Waals surface area (Å²) in [6, 6.07) is 0.547. The number of guanidine groups is 1. The molecule has 6 heteroatoms. The van der Waals surface area contributed by atoms with Gasteiger partial charge in [-0.3, -0.25) is 9.89 Å². The SMILES string of the molecule is CCOCCCNC(N)=NCC(CC)N1CCCC1.I. The van der Waals surface area contributed by atoms with E-state index in [0.717, 1.165) is 39.1 Å². The molecule has 1 fully saturated rings. The standard InChI is InChI=1S/C14H30N4O.HI/c1-3-13(18-9-5-6-10-18)12-17-14(15)16-8-7-11-19-4-2;/h13H,3-12H2,1-2H3,(H3,15,16,17);1H. The van der Waals surface area contributed by atoms with E-state index in [2.05, 4.69) is 22.1 Å². The summed E-state index contributed by atoms with van der Waals surface area (Å²) in [6.45, 7) is 9.86. The van der Waals surface area contributed by atoms with E-state index in [-0.39, 0.29) is 24.0 Å². The summed E-state index contributed by atoms with van der Waals surface area (Å²) >= 11 is 0. The predicted molar refractivity (Wildman–Crippen MR) is 95.9 cm³/mol. The van der Waals surface area contributed by atoms with Gasteiger partial charge in [-0.1, -0.05) is 6.92 Å². The van der Waals surface area contributed by atoms with Gasteiger partial charge in [-0.15, -0.1) is 24.0 Å². The summed E-state index contributed by atoms with van der Waals surface area (Å²) in [5.74, 6) is 0.564. The Labute approximate surface area is 140 Å². The zero-order valence-electron chi connectivity index (χ0n) is 12.9. The first-order chi connectivity index (χ1) is 9.27. The molecule has 0 aromatic rings. The highest BCUT2D eigenvalue weighted by Crippen LogP contribution is 2.14. The molecule has 0 bridgehead atoms. The van der Waals surface area contributed by atoms with Gasteiger partial charge >= 0.3 is 0 Å². The van der Waals surface area contributed by atoms with Crippen molar-refractivity contribution in [3.63, 3.8) is 0 Å². The summed E-state index contributed by atoms with van der Waals surface area (Å²) in [7, 11) is 0. The molecule has 0 aromatic heterocycles. The zero-order valence-corrected chi connectivity index (χ0v) is 15.3. The van der Waals surface area contributed by atoms with Gasteiger partial charge in [0.1, 0.15) is 0 Å². The van der Waals surface area contributed by atoms with Crippen LogP contribution in [0.3, 0.4) is 0 Å². The smallest absolute Gasteiger partial charge is 0.188 e. The minimum absolute atomic E-state index is 0. The molecule has 0 radical (unpaired) electrons. The highest BCUT2D eigenvalue weighted by molar-refractivity contribution is 14.0.